The molecule has 1 N–H and O–H groups in total. The fourth-order valence-corrected chi connectivity index (χ4v) is 1.53. The monoisotopic (exact) mass is 225 g/mol. The molecule has 1 atom stereocenters. The fourth-order valence-electron chi connectivity index (χ4n) is 1.53. The van der Waals surface area contributed by atoms with Crippen molar-refractivity contribution in [3.8, 4) is 6.07 Å². The van der Waals surface area contributed by atoms with Crippen LogP contribution < -0.4 is 5.32 Å². The highest BCUT2D eigenvalue weighted by Crippen LogP contribution is 2.05. The van der Waals surface area contributed by atoms with E-state index in [9.17, 15) is 0 Å². The molecule has 1 aliphatic heterocycles. The van der Waals surface area contributed by atoms with Gasteiger partial charge in [-0.3, -0.25) is 0 Å². The molecule has 0 amide bonds. The van der Waals surface area contributed by atoms with Crippen molar-refractivity contribution in [3.63, 3.8) is 0 Å². The lowest BCUT2D eigenvalue weighted by Gasteiger charge is -2.16. The summed E-state index contributed by atoms with van der Waals surface area (Å²) in [5.41, 5.74) is 1.75. The van der Waals surface area contributed by atoms with Crippen LogP contribution in [0.4, 0.5) is 0 Å². The van der Waals surface area contributed by atoms with Crippen molar-refractivity contribution in [1.29, 1.82) is 5.26 Å². The molecular weight excluding hydrogens is 212 g/mol. The first kappa shape index (κ1) is 11.4. The van der Waals surface area contributed by atoms with Crippen LogP contribution in [0.15, 0.2) is 48.1 Å². The van der Waals surface area contributed by atoms with Gasteiger partial charge in [0.05, 0.1) is 18.4 Å². The number of rotatable bonds is 4. The summed E-state index contributed by atoms with van der Waals surface area (Å²) in [5, 5.41) is 11.5. The summed E-state index contributed by atoms with van der Waals surface area (Å²) in [7, 11) is 0. The van der Waals surface area contributed by atoms with Crippen molar-refractivity contribution in [3.05, 3.63) is 59.8 Å². The number of hydrogen-bond donors (Lipinski definition) is 1. The average molecular weight is 225 g/mol. The van der Waals surface area contributed by atoms with E-state index in [1.165, 1.54) is 5.56 Å². The molecule has 3 heteroatoms. The molecule has 0 unspecified atom stereocenters. The number of ether oxygens (including phenoxy) is 1. The molecule has 1 heterocycles. The third-order valence-corrected chi connectivity index (χ3v) is 2.44. The first-order valence-corrected chi connectivity index (χ1v) is 5.51. The van der Waals surface area contributed by atoms with Crippen molar-refractivity contribution in [2.75, 3.05) is 6.61 Å². The standard InChI is InChI=1S/C14H13N2O/c15-10-13-6-7-14(16-11-13)17-9-8-12-4-2-1-3-5-12/h1-7,14,16H,8-9H2/t14-/m0/s1. The molecule has 1 aromatic carbocycles. The van der Waals surface area contributed by atoms with E-state index in [1.54, 1.807) is 6.08 Å². The number of dihydropyridines is 1. The Morgan fingerprint density at radius 2 is 2.18 bits per heavy atom. The summed E-state index contributed by atoms with van der Waals surface area (Å²) in [6.45, 7) is 0.635. The van der Waals surface area contributed by atoms with Gasteiger partial charge in [0.15, 0.2) is 0 Å². The van der Waals surface area contributed by atoms with Gasteiger partial charge in [0.2, 0.25) is 0 Å². The number of allylic oxidation sites excluding steroid dienone is 2. The van der Waals surface area contributed by atoms with Crippen molar-refractivity contribution in [2.45, 2.75) is 12.6 Å². The molecule has 0 aliphatic carbocycles. The Kier molecular flexibility index (Phi) is 3.95. The van der Waals surface area contributed by atoms with Gasteiger partial charge in [0.1, 0.15) is 12.3 Å². The topological polar surface area (TPSA) is 45.0 Å². The predicted molar refractivity (Wildman–Crippen MR) is 64.5 cm³/mol. The zero-order valence-corrected chi connectivity index (χ0v) is 9.39. The number of hydrogen-bond acceptors (Lipinski definition) is 3. The summed E-state index contributed by atoms with van der Waals surface area (Å²) in [4.78, 5) is 0. The molecule has 1 aliphatic rings. The van der Waals surface area contributed by atoms with Crippen LogP contribution in [0.2, 0.25) is 0 Å². The van der Waals surface area contributed by atoms with E-state index in [0.29, 0.717) is 12.2 Å². The molecule has 0 bridgehead atoms. The Morgan fingerprint density at radius 3 is 2.82 bits per heavy atom. The van der Waals surface area contributed by atoms with Gasteiger partial charge in [-0.25, -0.2) is 0 Å². The normalized spacial score (nSPS) is 18.1. The minimum absolute atomic E-state index is 0.184. The van der Waals surface area contributed by atoms with E-state index in [1.807, 2.05) is 30.3 Å². The van der Waals surface area contributed by atoms with Crippen LogP contribution in [0.25, 0.3) is 0 Å². The molecular formula is C14H13N2O. The van der Waals surface area contributed by atoms with Crippen LogP contribution in [-0.4, -0.2) is 12.8 Å². The van der Waals surface area contributed by atoms with Crippen LogP contribution in [0.5, 0.6) is 0 Å². The summed E-state index contributed by atoms with van der Waals surface area (Å²) >= 11 is 0. The zero-order chi connectivity index (χ0) is 11.9. The molecule has 0 aromatic heterocycles. The van der Waals surface area contributed by atoms with Gasteiger partial charge >= 0.3 is 0 Å². The third kappa shape index (κ3) is 3.47. The molecule has 3 nitrogen and oxygen atoms in total. The molecule has 85 valence electrons. The Labute approximate surface area is 101 Å². The highest BCUT2D eigenvalue weighted by Gasteiger charge is 2.07. The second-order valence-electron chi connectivity index (χ2n) is 3.68. The molecule has 0 spiro atoms. The van der Waals surface area contributed by atoms with E-state index in [2.05, 4.69) is 23.6 Å². The third-order valence-electron chi connectivity index (χ3n) is 2.44. The maximum Gasteiger partial charge on any atom is 0.147 e. The Bertz CT molecular complexity index is 457. The SMILES string of the molecule is N#CC1=[C]N[C@@H](OCCc2ccccc2)C=C1. The van der Waals surface area contributed by atoms with E-state index in [4.69, 9.17) is 10.00 Å². The smallest absolute Gasteiger partial charge is 0.147 e. The van der Waals surface area contributed by atoms with Gasteiger partial charge in [0.25, 0.3) is 0 Å². The summed E-state index contributed by atoms with van der Waals surface area (Å²) in [6, 6.07) is 12.2. The molecule has 0 saturated heterocycles. The number of nitrogens with zero attached hydrogens (tertiary/aromatic N) is 1. The average Bonchev–Trinajstić information content (AvgIpc) is 2.41. The largest absolute Gasteiger partial charge is 0.355 e. The highest BCUT2D eigenvalue weighted by atomic mass is 16.5. The van der Waals surface area contributed by atoms with Gasteiger partial charge in [-0.2, -0.15) is 5.26 Å². The van der Waals surface area contributed by atoms with Gasteiger partial charge in [-0.15, -0.1) is 0 Å². The van der Waals surface area contributed by atoms with E-state index in [-0.39, 0.29) is 6.23 Å². The van der Waals surface area contributed by atoms with Crippen LogP contribution in [0.3, 0.4) is 0 Å². The first-order valence-electron chi connectivity index (χ1n) is 5.51. The molecule has 0 saturated carbocycles. The molecule has 0 fully saturated rings. The van der Waals surface area contributed by atoms with Crippen molar-refractivity contribution in [1.82, 2.24) is 5.32 Å². The Hall–Kier alpha value is -2.05. The fraction of sp³-hybridized carbons (Fsp3) is 0.214. The maximum absolute atomic E-state index is 8.62. The number of benzene rings is 1. The predicted octanol–water partition coefficient (Wildman–Crippen LogP) is 1.94. The number of nitrogens with one attached hydrogen (secondary N) is 1. The van der Waals surface area contributed by atoms with Crippen molar-refractivity contribution < 1.29 is 4.74 Å². The van der Waals surface area contributed by atoms with Crippen LogP contribution in [-0.2, 0) is 11.2 Å². The van der Waals surface area contributed by atoms with Crippen LogP contribution >= 0.6 is 0 Å². The highest BCUT2D eigenvalue weighted by molar-refractivity contribution is 5.32. The van der Waals surface area contributed by atoms with Gasteiger partial charge in [0, 0.05) is 0 Å². The first-order chi connectivity index (χ1) is 8.38. The minimum atomic E-state index is -0.184. The number of nitriles is 1. The van der Waals surface area contributed by atoms with Gasteiger partial charge < -0.3 is 10.1 Å². The van der Waals surface area contributed by atoms with Crippen molar-refractivity contribution >= 4 is 0 Å². The van der Waals surface area contributed by atoms with Gasteiger partial charge in [-0.1, -0.05) is 30.3 Å². The summed E-state index contributed by atoms with van der Waals surface area (Å²) < 4.78 is 5.60. The van der Waals surface area contributed by atoms with Crippen LogP contribution in [0, 0.1) is 17.5 Å². The summed E-state index contributed by atoms with van der Waals surface area (Å²) in [6.07, 6.45) is 6.98. The van der Waals surface area contributed by atoms with Gasteiger partial charge in [-0.05, 0) is 24.1 Å². The zero-order valence-electron chi connectivity index (χ0n) is 9.39. The molecule has 1 aromatic rings. The van der Waals surface area contributed by atoms with E-state index >= 15 is 0 Å². The summed E-state index contributed by atoms with van der Waals surface area (Å²) in [5.74, 6) is 0. The Balaban J connectivity index is 1.73. The maximum atomic E-state index is 8.62. The molecule has 2 rings (SSSR count). The van der Waals surface area contributed by atoms with Crippen LogP contribution in [0.1, 0.15) is 5.56 Å². The molecule has 1 radical (unpaired) electrons. The lowest BCUT2D eigenvalue weighted by molar-refractivity contribution is 0.0715. The van der Waals surface area contributed by atoms with E-state index in [0.717, 1.165) is 6.42 Å². The lowest BCUT2D eigenvalue weighted by Crippen LogP contribution is -2.29. The second-order valence-corrected chi connectivity index (χ2v) is 3.68. The minimum Gasteiger partial charge on any atom is -0.355 e. The van der Waals surface area contributed by atoms with Crippen molar-refractivity contribution in [2.24, 2.45) is 0 Å². The Morgan fingerprint density at radius 1 is 1.35 bits per heavy atom. The lowest BCUT2D eigenvalue weighted by atomic mass is 10.2. The van der Waals surface area contributed by atoms with E-state index < -0.39 is 0 Å². The second kappa shape index (κ2) is 5.88. The quantitative estimate of drug-likeness (QED) is 0.851. The molecule has 17 heavy (non-hydrogen) atoms.